The normalized spacial score (nSPS) is 21.6. The lowest BCUT2D eigenvalue weighted by atomic mass is 10.2. The Morgan fingerprint density at radius 1 is 1.10 bits per heavy atom. The minimum absolute atomic E-state index is 0.0148. The first-order valence-electron chi connectivity index (χ1n) is 7.27. The summed E-state index contributed by atoms with van der Waals surface area (Å²) in [5.74, 6) is 0. The fraction of sp³-hybridized carbons (Fsp3) is 0.600. The maximum atomic E-state index is 6.05. The molecular formula is C15H21ClN2O2. The zero-order valence-corrected chi connectivity index (χ0v) is 12.4. The third-order valence-electron chi connectivity index (χ3n) is 3.92. The van der Waals surface area contributed by atoms with Gasteiger partial charge >= 0.3 is 0 Å². The van der Waals surface area contributed by atoms with Gasteiger partial charge in [-0.15, -0.1) is 0 Å². The first kappa shape index (κ1) is 14.1. The zero-order valence-electron chi connectivity index (χ0n) is 11.6. The summed E-state index contributed by atoms with van der Waals surface area (Å²) >= 11 is 6.05. The lowest BCUT2D eigenvalue weighted by Gasteiger charge is -2.36. The molecule has 5 heteroatoms. The Hall–Kier alpha value is -0.810. The van der Waals surface area contributed by atoms with Crippen LogP contribution in [0.25, 0.3) is 0 Å². The lowest BCUT2D eigenvalue weighted by Crippen LogP contribution is -2.47. The van der Waals surface area contributed by atoms with E-state index in [1.807, 2.05) is 18.2 Å². The maximum Gasteiger partial charge on any atom is 0.159 e. The van der Waals surface area contributed by atoms with Crippen molar-refractivity contribution in [2.75, 3.05) is 50.8 Å². The van der Waals surface area contributed by atoms with Crippen molar-refractivity contribution in [2.24, 2.45) is 0 Å². The molecule has 0 aliphatic carbocycles. The number of hydrogen-bond acceptors (Lipinski definition) is 4. The summed E-state index contributed by atoms with van der Waals surface area (Å²) in [5, 5.41) is 0.806. The molecule has 0 radical (unpaired) electrons. The van der Waals surface area contributed by atoms with Gasteiger partial charge in [-0.25, -0.2) is 0 Å². The second kappa shape index (κ2) is 6.76. The minimum atomic E-state index is 0.0148. The third kappa shape index (κ3) is 3.64. The van der Waals surface area contributed by atoms with Gasteiger partial charge in [0, 0.05) is 49.9 Å². The van der Waals surface area contributed by atoms with E-state index in [-0.39, 0.29) is 6.29 Å². The molecule has 0 saturated carbocycles. The van der Waals surface area contributed by atoms with Crippen molar-refractivity contribution in [2.45, 2.75) is 12.7 Å². The van der Waals surface area contributed by atoms with E-state index in [0.29, 0.717) is 0 Å². The largest absolute Gasteiger partial charge is 0.369 e. The van der Waals surface area contributed by atoms with E-state index in [2.05, 4.69) is 15.9 Å². The first-order valence-corrected chi connectivity index (χ1v) is 7.65. The van der Waals surface area contributed by atoms with E-state index in [9.17, 15) is 0 Å². The number of hydrogen-bond donors (Lipinski definition) is 0. The lowest BCUT2D eigenvalue weighted by molar-refractivity contribution is -0.0516. The van der Waals surface area contributed by atoms with Gasteiger partial charge in [0.15, 0.2) is 6.29 Å². The van der Waals surface area contributed by atoms with Crippen LogP contribution in [0.1, 0.15) is 6.42 Å². The van der Waals surface area contributed by atoms with Crippen LogP contribution in [0.2, 0.25) is 5.02 Å². The van der Waals surface area contributed by atoms with Gasteiger partial charge in [-0.1, -0.05) is 17.7 Å². The topological polar surface area (TPSA) is 24.9 Å². The highest BCUT2D eigenvalue weighted by molar-refractivity contribution is 6.30. The van der Waals surface area contributed by atoms with Crippen LogP contribution < -0.4 is 4.90 Å². The van der Waals surface area contributed by atoms with Crippen molar-refractivity contribution in [3.05, 3.63) is 29.3 Å². The highest BCUT2D eigenvalue weighted by Crippen LogP contribution is 2.21. The summed E-state index contributed by atoms with van der Waals surface area (Å²) in [6, 6.07) is 8.10. The molecule has 0 aromatic heterocycles. The van der Waals surface area contributed by atoms with Crippen molar-refractivity contribution in [1.82, 2.24) is 4.90 Å². The molecule has 3 rings (SSSR count). The summed E-state index contributed by atoms with van der Waals surface area (Å²) in [6.07, 6.45) is 0.984. The van der Waals surface area contributed by atoms with Gasteiger partial charge in [-0.3, -0.25) is 4.90 Å². The molecule has 1 aromatic carbocycles. The van der Waals surface area contributed by atoms with E-state index < -0.39 is 0 Å². The fourth-order valence-corrected chi connectivity index (χ4v) is 2.95. The molecule has 2 saturated heterocycles. The SMILES string of the molecule is Clc1cccc(N2CCN(CCC3OCCO3)CC2)c1. The molecule has 2 heterocycles. The van der Waals surface area contributed by atoms with Crippen molar-refractivity contribution in [3.8, 4) is 0 Å². The molecule has 2 aliphatic heterocycles. The highest BCUT2D eigenvalue weighted by atomic mass is 35.5. The zero-order chi connectivity index (χ0) is 13.8. The average molecular weight is 297 g/mol. The molecule has 0 atom stereocenters. The van der Waals surface area contributed by atoms with Crippen molar-refractivity contribution < 1.29 is 9.47 Å². The Labute approximate surface area is 125 Å². The van der Waals surface area contributed by atoms with E-state index >= 15 is 0 Å². The molecule has 0 spiro atoms. The number of anilines is 1. The summed E-state index contributed by atoms with van der Waals surface area (Å²) in [4.78, 5) is 4.87. The number of piperazine rings is 1. The average Bonchev–Trinajstić information content (AvgIpc) is 2.99. The second-order valence-corrected chi connectivity index (χ2v) is 5.70. The highest BCUT2D eigenvalue weighted by Gasteiger charge is 2.20. The molecule has 0 amide bonds. The van der Waals surface area contributed by atoms with Gasteiger partial charge in [0.2, 0.25) is 0 Å². The van der Waals surface area contributed by atoms with Crippen LogP contribution >= 0.6 is 11.6 Å². The van der Waals surface area contributed by atoms with Crippen LogP contribution in [0.4, 0.5) is 5.69 Å². The Balaban J connectivity index is 1.44. The van der Waals surface area contributed by atoms with Gasteiger partial charge in [0.1, 0.15) is 0 Å². The van der Waals surface area contributed by atoms with Crippen LogP contribution in [0.15, 0.2) is 24.3 Å². The summed E-state index contributed by atoms with van der Waals surface area (Å²) in [6.45, 7) is 6.80. The van der Waals surface area contributed by atoms with Crippen LogP contribution in [0.3, 0.4) is 0 Å². The number of rotatable bonds is 4. The molecule has 0 N–H and O–H groups in total. The van der Waals surface area contributed by atoms with Crippen molar-refractivity contribution in [1.29, 1.82) is 0 Å². The molecule has 20 heavy (non-hydrogen) atoms. The third-order valence-corrected chi connectivity index (χ3v) is 4.15. The monoisotopic (exact) mass is 296 g/mol. The summed E-state index contributed by atoms with van der Waals surface area (Å²) in [7, 11) is 0. The van der Waals surface area contributed by atoms with E-state index in [1.165, 1.54) is 5.69 Å². The minimum Gasteiger partial charge on any atom is -0.369 e. The Morgan fingerprint density at radius 3 is 2.55 bits per heavy atom. The molecule has 4 nitrogen and oxygen atoms in total. The molecule has 2 fully saturated rings. The molecule has 110 valence electrons. The quantitative estimate of drug-likeness (QED) is 0.851. The van der Waals surface area contributed by atoms with Crippen LogP contribution in [0, 0.1) is 0 Å². The molecule has 0 unspecified atom stereocenters. The van der Waals surface area contributed by atoms with E-state index in [0.717, 1.165) is 57.4 Å². The number of nitrogens with zero attached hydrogens (tertiary/aromatic N) is 2. The van der Waals surface area contributed by atoms with Crippen LogP contribution in [-0.4, -0.2) is 57.1 Å². The molecule has 1 aromatic rings. The van der Waals surface area contributed by atoms with Gasteiger partial charge in [-0.2, -0.15) is 0 Å². The predicted octanol–water partition coefficient (Wildman–Crippen LogP) is 2.22. The van der Waals surface area contributed by atoms with Crippen molar-refractivity contribution in [3.63, 3.8) is 0 Å². The molecule has 2 aliphatic rings. The summed E-state index contributed by atoms with van der Waals surface area (Å²) in [5.41, 5.74) is 1.22. The predicted molar refractivity (Wildman–Crippen MR) is 80.4 cm³/mol. The number of ether oxygens (including phenoxy) is 2. The standard InChI is InChI=1S/C15H21ClN2O2/c16-13-2-1-3-14(12-13)18-8-6-17(7-9-18)5-4-15-19-10-11-20-15/h1-3,12,15H,4-11H2. The van der Waals surface area contributed by atoms with Crippen LogP contribution in [-0.2, 0) is 9.47 Å². The smallest absolute Gasteiger partial charge is 0.159 e. The van der Waals surface area contributed by atoms with Gasteiger partial charge < -0.3 is 14.4 Å². The first-order chi connectivity index (χ1) is 9.81. The maximum absolute atomic E-state index is 6.05. The second-order valence-electron chi connectivity index (χ2n) is 5.27. The van der Waals surface area contributed by atoms with Gasteiger partial charge in [0.05, 0.1) is 13.2 Å². The number of halogens is 1. The Kier molecular flexibility index (Phi) is 4.78. The molecule has 0 bridgehead atoms. The van der Waals surface area contributed by atoms with E-state index in [4.69, 9.17) is 21.1 Å². The molecular weight excluding hydrogens is 276 g/mol. The van der Waals surface area contributed by atoms with Gasteiger partial charge in [-0.05, 0) is 18.2 Å². The Bertz CT molecular complexity index is 430. The fourth-order valence-electron chi connectivity index (χ4n) is 2.76. The van der Waals surface area contributed by atoms with Gasteiger partial charge in [0.25, 0.3) is 0 Å². The van der Waals surface area contributed by atoms with E-state index in [1.54, 1.807) is 0 Å². The number of benzene rings is 1. The Morgan fingerprint density at radius 2 is 1.85 bits per heavy atom. The summed E-state index contributed by atoms with van der Waals surface area (Å²) < 4.78 is 10.9. The van der Waals surface area contributed by atoms with Crippen LogP contribution in [0.5, 0.6) is 0 Å². The van der Waals surface area contributed by atoms with Crippen molar-refractivity contribution >= 4 is 17.3 Å².